The van der Waals surface area contributed by atoms with Crippen molar-refractivity contribution in [1.82, 2.24) is 9.21 Å². The summed E-state index contributed by atoms with van der Waals surface area (Å²) >= 11 is 3.89. The Hall–Kier alpha value is -0.920. The minimum Gasteiger partial charge on any atom is -0.311 e. The van der Waals surface area contributed by atoms with Gasteiger partial charge in [0.2, 0.25) is 0 Å². The maximum Gasteiger partial charge on any atom is 0.452 e. The van der Waals surface area contributed by atoms with E-state index in [4.69, 9.17) is 0 Å². The van der Waals surface area contributed by atoms with Gasteiger partial charge in [-0.15, -0.1) is 0 Å². The van der Waals surface area contributed by atoms with E-state index in [1.165, 1.54) is 0 Å². The van der Waals surface area contributed by atoms with Gasteiger partial charge in [-0.3, -0.25) is 9.10 Å². The number of urea groups is 1. The van der Waals surface area contributed by atoms with Crippen LogP contribution in [0.4, 0.5) is 18.0 Å². The van der Waals surface area contributed by atoms with Crippen LogP contribution in [0.1, 0.15) is 12.8 Å². The molecule has 0 radical (unpaired) electrons. The molecule has 90 valence electrons. The van der Waals surface area contributed by atoms with Crippen LogP contribution in [-0.4, -0.2) is 45.8 Å². The van der Waals surface area contributed by atoms with Crippen LogP contribution in [0.3, 0.4) is 0 Å². The van der Waals surface area contributed by atoms with Gasteiger partial charge in [-0.25, -0.2) is 4.79 Å². The van der Waals surface area contributed by atoms with Crippen LogP contribution in [0, 0.1) is 0 Å². The zero-order chi connectivity index (χ0) is 12.1. The number of Topliss-reactive ketones (excluding diaryl/α,β-unsaturated/α-hetero) is 1. The van der Waals surface area contributed by atoms with Crippen LogP contribution in [0.5, 0.6) is 0 Å². The van der Waals surface area contributed by atoms with E-state index in [9.17, 15) is 22.8 Å². The van der Waals surface area contributed by atoms with Crippen molar-refractivity contribution in [1.29, 1.82) is 0 Å². The summed E-state index contributed by atoms with van der Waals surface area (Å²) in [7, 11) is 0. The highest BCUT2D eigenvalue weighted by molar-refractivity contribution is 7.78. The summed E-state index contributed by atoms with van der Waals surface area (Å²) in [6.07, 6.45) is -4.47. The van der Waals surface area contributed by atoms with Crippen LogP contribution in [0.15, 0.2) is 0 Å². The summed E-state index contributed by atoms with van der Waals surface area (Å²) in [5.41, 5.74) is 0. The van der Waals surface area contributed by atoms with Gasteiger partial charge in [0, 0.05) is 6.54 Å². The lowest BCUT2D eigenvalue weighted by atomic mass is 9.97. The Bertz CT molecular complexity index is 347. The first kappa shape index (κ1) is 11.6. The summed E-state index contributed by atoms with van der Waals surface area (Å²) in [6, 6.07) is -2.18. The average Bonchev–Trinajstić information content (AvgIpc) is 2.43. The molecule has 8 heteroatoms. The number of thiol groups is 1. The molecule has 0 N–H and O–H groups in total. The maximum atomic E-state index is 12.3. The van der Waals surface area contributed by atoms with E-state index < -0.39 is 24.0 Å². The molecule has 2 aliphatic rings. The third-order valence-corrected chi connectivity index (χ3v) is 3.42. The fourth-order valence-corrected chi connectivity index (χ4v) is 2.42. The van der Waals surface area contributed by atoms with Crippen LogP contribution in [0.2, 0.25) is 0 Å². The second-order valence-corrected chi connectivity index (χ2v) is 4.32. The zero-order valence-electron chi connectivity index (χ0n) is 8.07. The lowest BCUT2D eigenvalue weighted by molar-refractivity contribution is -0.176. The Morgan fingerprint density at radius 3 is 2.56 bits per heavy atom. The third kappa shape index (κ3) is 1.64. The van der Waals surface area contributed by atoms with Crippen molar-refractivity contribution >= 4 is 24.6 Å². The lowest BCUT2D eigenvalue weighted by Gasteiger charge is -2.29. The van der Waals surface area contributed by atoms with E-state index in [0.29, 0.717) is 6.42 Å². The molecule has 0 aliphatic carbocycles. The number of carbonyl (C=O) groups excluding carboxylic acids is 2. The van der Waals surface area contributed by atoms with Crippen LogP contribution in [0.25, 0.3) is 0 Å². The normalized spacial score (nSPS) is 29.9. The van der Waals surface area contributed by atoms with E-state index in [1.807, 2.05) is 0 Å². The second-order valence-electron chi connectivity index (χ2n) is 3.89. The maximum absolute atomic E-state index is 12.3. The number of fused-ring (bicyclic) bond motifs is 2. The van der Waals surface area contributed by atoms with Gasteiger partial charge in [-0.05, 0) is 12.8 Å². The molecule has 4 nitrogen and oxygen atoms in total. The molecule has 0 saturated carbocycles. The Kier molecular flexibility index (Phi) is 2.56. The second kappa shape index (κ2) is 3.54. The molecule has 0 aromatic carbocycles. The van der Waals surface area contributed by atoms with Crippen LogP contribution >= 0.6 is 12.8 Å². The molecule has 0 aromatic rings. The minimum atomic E-state index is -4.89. The van der Waals surface area contributed by atoms with E-state index in [2.05, 4.69) is 12.8 Å². The fourth-order valence-electron chi connectivity index (χ4n) is 2.11. The summed E-state index contributed by atoms with van der Waals surface area (Å²) in [4.78, 5) is 23.5. The molecular weight excluding hydrogens is 245 g/mol. The number of hydrogen-bond acceptors (Lipinski definition) is 3. The predicted octanol–water partition coefficient (Wildman–Crippen LogP) is 1.23. The van der Waals surface area contributed by atoms with Crippen LogP contribution in [-0.2, 0) is 4.79 Å². The van der Waals surface area contributed by atoms with Gasteiger partial charge in [0.15, 0.2) is 0 Å². The Balaban J connectivity index is 2.20. The first-order valence-electron chi connectivity index (χ1n) is 4.72. The SMILES string of the molecule is O=C1N(S)[C@@H]2CC[C@@H](C(=O)C(F)(F)F)N1C2. The van der Waals surface area contributed by atoms with Crippen LogP contribution < -0.4 is 0 Å². The zero-order valence-corrected chi connectivity index (χ0v) is 8.96. The number of hydrogen-bond donors (Lipinski definition) is 1. The van der Waals surface area contributed by atoms with Gasteiger partial charge in [0.1, 0.15) is 6.04 Å². The molecule has 0 spiro atoms. The smallest absolute Gasteiger partial charge is 0.311 e. The first-order valence-corrected chi connectivity index (χ1v) is 5.12. The van der Waals surface area contributed by atoms with Crippen molar-refractivity contribution in [2.45, 2.75) is 31.1 Å². The predicted molar refractivity (Wildman–Crippen MR) is 50.8 cm³/mol. The van der Waals surface area contributed by atoms with E-state index in [-0.39, 0.29) is 19.0 Å². The van der Waals surface area contributed by atoms with Crippen molar-refractivity contribution in [2.75, 3.05) is 6.54 Å². The molecule has 2 aliphatic heterocycles. The topological polar surface area (TPSA) is 40.6 Å². The number of carbonyl (C=O) groups is 2. The molecule has 2 fully saturated rings. The van der Waals surface area contributed by atoms with Crippen molar-refractivity contribution in [3.8, 4) is 0 Å². The van der Waals surface area contributed by atoms with Crippen molar-refractivity contribution in [2.24, 2.45) is 0 Å². The molecule has 2 saturated heterocycles. The van der Waals surface area contributed by atoms with Crippen molar-refractivity contribution in [3.63, 3.8) is 0 Å². The highest BCUT2D eigenvalue weighted by atomic mass is 32.1. The number of halogens is 3. The average molecular weight is 254 g/mol. The quantitative estimate of drug-likeness (QED) is 0.715. The number of amides is 2. The standard InChI is InChI=1S/C8H9F3N2O2S/c9-8(10,11)6(14)5-2-1-4-3-12(5)7(15)13(4)16/h4-5,16H,1-3H2/t4-,5+/m1/s1. The molecular formula is C8H9F3N2O2S. The first-order chi connectivity index (χ1) is 7.32. The molecule has 2 rings (SSSR count). The summed E-state index contributed by atoms with van der Waals surface area (Å²) in [6.45, 7) is 0.148. The van der Waals surface area contributed by atoms with E-state index in [0.717, 1.165) is 9.21 Å². The van der Waals surface area contributed by atoms with Gasteiger partial charge in [0.05, 0.1) is 6.04 Å². The summed E-state index contributed by atoms with van der Waals surface area (Å²) in [5.74, 6) is -1.84. The molecule has 0 aromatic heterocycles. The number of alkyl halides is 3. The van der Waals surface area contributed by atoms with Gasteiger partial charge in [0.25, 0.3) is 5.78 Å². The van der Waals surface area contributed by atoms with E-state index in [1.54, 1.807) is 0 Å². The Morgan fingerprint density at radius 2 is 2.00 bits per heavy atom. The van der Waals surface area contributed by atoms with Gasteiger partial charge in [-0.1, -0.05) is 12.8 Å². The molecule has 2 bridgehead atoms. The number of nitrogens with zero attached hydrogens (tertiary/aromatic N) is 2. The monoisotopic (exact) mass is 254 g/mol. The number of ketones is 1. The molecule has 2 amide bonds. The van der Waals surface area contributed by atoms with E-state index >= 15 is 0 Å². The number of rotatable bonds is 1. The third-order valence-electron chi connectivity index (χ3n) is 2.93. The van der Waals surface area contributed by atoms with Gasteiger partial charge < -0.3 is 4.90 Å². The van der Waals surface area contributed by atoms with Crippen molar-refractivity contribution < 1.29 is 22.8 Å². The Morgan fingerprint density at radius 1 is 1.38 bits per heavy atom. The minimum absolute atomic E-state index is 0.0474. The largest absolute Gasteiger partial charge is 0.452 e. The molecule has 16 heavy (non-hydrogen) atoms. The van der Waals surface area contributed by atoms with Gasteiger partial charge >= 0.3 is 12.2 Å². The lowest BCUT2D eigenvalue weighted by Crippen LogP contribution is -2.49. The summed E-state index contributed by atoms with van der Waals surface area (Å²) < 4.78 is 37.9. The molecule has 2 heterocycles. The van der Waals surface area contributed by atoms with Gasteiger partial charge in [-0.2, -0.15) is 13.2 Å². The Labute approximate surface area is 94.9 Å². The highest BCUT2D eigenvalue weighted by Gasteiger charge is 2.52. The van der Waals surface area contributed by atoms with Crippen molar-refractivity contribution in [3.05, 3.63) is 0 Å². The molecule has 0 unspecified atom stereocenters. The fraction of sp³-hybridized carbons (Fsp3) is 0.750. The number of piperidine rings is 1. The molecule has 2 atom stereocenters. The summed E-state index contributed by atoms with van der Waals surface area (Å²) in [5, 5.41) is 0. The highest BCUT2D eigenvalue weighted by Crippen LogP contribution is 2.34.